The standard InChI is InChI=1S/C12H13N3O3S/c1-18-9-4-7(2-3-8(9)11(13)19)6-15-10(16)5-14-12(15)17/h2-4H,5-6H2,1H3,(H2,13,19)(H,14,17). The number of carbonyl (C=O) groups excluding carboxylic acids is 2. The molecule has 1 aromatic rings. The Kier molecular flexibility index (Phi) is 3.66. The van der Waals surface area contributed by atoms with Crippen LogP contribution < -0.4 is 15.8 Å². The molecule has 0 spiro atoms. The Hall–Kier alpha value is -2.15. The fourth-order valence-corrected chi connectivity index (χ4v) is 2.00. The molecule has 0 unspecified atom stereocenters. The van der Waals surface area contributed by atoms with Gasteiger partial charge in [-0.3, -0.25) is 9.69 Å². The van der Waals surface area contributed by atoms with E-state index in [9.17, 15) is 9.59 Å². The highest BCUT2D eigenvalue weighted by atomic mass is 32.1. The monoisotopic (exact) mass is 279 g/mol. The van der Waals surface area contributed by atoms with Crippen molar-refractivity contribution < 1.29 is 14.3 Å². The quantitative estimate of drug-likeness (QED) is 0.615. The van der Waals surface area contributed by atoms with Gasteiger partial charge in [0.2, 0.25) is 5.91 Å². The highest BCUT2D eigenvalue weighted by Gasteiger charge is 2.28. The number of amides is 3. The third-order valence-corrected chi connectivity index (χ3v) is 3.03. The Morgan fingerprint density at radius 2 is 2.26 bits per heavy atom. The Morgan fingerprint density at radius 3 is 2.79 bits per heavy atom. The van der Waals surface area contributed by atoms with Crippen molar-refractivity contribution in [3.05, 3.63) is 29.3 Å². The van der Waals surface area contributed by atoms with Crippen LogP contribution in [-0.4, -0.2) is 35.5 Å². The van der Waals surface area contributed by atoms with Crippen LogP contribution in [0.15, 0.2) is 18.2 Å². The van der Waals surface area contributed by atoms with E-state index in [0.29, 0.717) is 11.3 Å². The molecular formula is C12H13N3O3S. The molecule has 0 aliphatic carbocycles. The Balaban J connectivity index is 2.24. The van der Waals surface area contributed by atoms with E-state index in [1.54, 1.807) is 18.2 Å². The normalized spacial score (nSPS) is 14.5. The van der Waals surface area contributed by atoms with Crippen LogP contribution >= 0.6 is 12.2 Å². The molecule has 6 nitrogen and oxygen atoms in total. The zero-order valence-electron chi connectivity index (χ0n) is 10.3. The number of hydrogen-bond donors (Lipinski definition) is 2. The van der Waals surface area contributed by atoms with E-state index < -0.39 is 0 Å². The average Bonchev–Trinajstić information content (AvgIpc) is 2.70. The SMILES string of the molecule is COc1cc(CN2C(=O)CNC2=O)ccc1C(N)=S. The summed E-state index contributed by atoms with van der Waals surface area (Å²) in [4.78, 5) is 24.3. The third kappa shape index (κ3) is 2.65. The van der Waals surface area contributed by atoms with Crippen molar-refractivity contribution in [2.45, 2.75) is 6.54 Å². The van der Waals surface area contributed by atoms with Crippen LogP contribution in [0.4, 0.5) is 4.79 Å². The smallest absolute Gasteiger partial charge is 0.324 e. The highest BCUT2D eigenvalue weighted by molar-refractivity contribution is 7.80. The molecule has 0 atom stereocenters. The van der Waals surface area contributed by atoms with Gasteiger partial charge in [0.25, 0.3) is 0 Å². The topological polar surface area (TPSA) is 84.7 Å². The van der Waals surface area contributed by atoms with Crippen molar-refractivity contribution in [1.82, 2.24) is 10.2 Å². The number of rotatable bonds is 4. The predicted molar refractivity (Wildman–Crippen MR) is 72.8 cm³/mol. The summed E-state index contributed by atoms with van der Waals surface area (Å²) in [6.07, 6.45) is 0. The number of imide groups is 1. The first-order chi connectivity index (χ1) is 9.02. The third-order valence-electron chi connectivity index (χ3n) is 2.81. The van der Waals surface area contributed by atoms with E-state index in [4.69, 9.17) is 22.7 Å². The molecule has 1 aliphatic heterocycles. The molecule has 0 saturated carbocycles. The van der Waals surface area contributed by atoms with Gasteiger partial charge in [-0.1, -0.05) is 18.3 Å². The lowest BCUT2D eigenvalue weighted by molar-refractivity contribution is -0.125. The molecule has 2 rings (SSSR count). The van der Waals surface area contributed by atoms with E-state index in [1.165, 1.54) is 7.11 Å². The molecule has 3 amide bonds. The Labute approximate surface area is 115 Å². The van der Waals surface area contributed by atoms with Crippen molar-refractivity contribution in [2.24, 2.45) is 5.73 Å². The van der Waals surface area contributed by atoms with Crippen molar-refractivity contribution in [3.63, 3.8) is 0 Å². The van der Waals surface area contributed by atoms with Crippen LogP contribution in [0.3, 0.4) is 0 Å². The molecule has 19 heavy (non-hydrogen) atoms. The number of urea groups is 1. The van der Waals surface area contributed by atoms with Crippen molar-refractivity contribution >= 4 is 29.1 Å². The number of nitrogens with one attached hydrogen (secondary N) is 1. The van der Waals surface area contributed by atoms with Gasteiger partial charge in [0.15, 0.2) is 0 Å². The van der Waals surface area contributed by atoms with Gasteiger partial charge < -0.3 is 15.8 Å². The van der Waals surface area contributed by atoms with Gasteiger partial charge >= 0.3 is 6.03 Å². The molecule has 1 fully saturated rings. The van der Waals surface area contributed by atoms with Gasteiger partial charge in [-0.2, -0.15) is 0 Å². The van der Waals surface area contributed by atoms with E-state index in [0.717, 1.165) is 10.5 Å². The van der Waals surface area contributed by atoms with E-state index in [1.807, 2.05) is 0 Å². The summed E-state index contributed by atoms with van der Waals surface area (Å²) >= 11 is 4.91. The summed E-state index contributed by atoms with van der Waals surface area (Å²) in [5, 5.41) is 2.46. The molecule has 1 saturated heterocycles. The summed E-state index contributed by atoms with van der Waals surface area (Å²) in [5.41, 5.74) is 6.96. The van der Waals surface area contributed by atoms with Gasteiger partial charge in [0, 0.05) is 0 Å². The number of ether oxygens (including phenoxy) is 1. The number of nitrogens with zero attached hydrogens (tertiary/aromatic N) is 1. The first-order valence-corrected chi connectivity index (χ1v) is 5.98. The first kappa shape index (κ1) is 13.3. The molecular weight excluding hydrogens is 266 g/mol. The van der Waals surface area contributed by atoms with Gasteiger partial charge in [-0.05, 0) is 17.7 Å². The minimum absolute atomic E-state index is 0.0426. The van der Waals surface area contributed by atoms with Crippen molar-refractivity contribution in [1.29, 1.82) is 0 Å². The molecule has 0 bridgehead atoms. The minimum Gasteiger partial charge on any atom is -0.496 e. The van der Waals surface area contributed by atoms with E-state index in [-0.39, 0.29) is 30.0 Å². The number of thiocarbonyl (C=S) groups is 1. The van der Waals surface area contributed by atoms with Crippen LogP contribution in [0, 0.1) is 0 Å². The number of carbonyl (C=O) groups is 2. The highest BCUT2D eigenvalue weighted by Crippen LogP contribution is 2.21. The fraction of sp³-hybridized carbons (Fsp3) is 0.250. The summed E-state index contributed by atoms with van der Waals surface area (Å²) in [6.45, 7) is 0.236. The molecule has 1 heterocycles. The van der Waals surface area contributed by atoms with E-state index in [2.05, 4.69) is 5.32 Å². The second-order valence-electron chi connectivity index (χ2n) is 4.04. The predicted octanol–water partition coefficient (Wildman–Crippen LogP) is 0.381. The summed E-state index contributed by atoms with van der Waals surface area (Å²) in [6, 6.07) is 4.81. The van der Waals surface area contributed by atoms with Gasteiger partial charge in [-0.15, -0.1) is 0 Å². The zero-order chi connectivity index (χ0) is 14.0. The van der Waals surface area contributed by atoms with E-state index >= 15 is 0 Å². The Bertz CT molecular complexity index is 543. The summed E-state index contributed by atoms with van der Waals surface area (Å²) < 4.78 is 5.19. The lowest BCUT2D eigenvalue weighted by Gasteiger charge is -2.14. The molecule has 7 heteroatoms. The second kappa shape index (κ2) is 5.23. The zero-order valence-corrected chi connectivity index (χ0v) is 11.1. The number of methoxy groups -OCH3 is 1. The molecule has 3 N–H and O–H groups in total. The lowest BCUT2D eigenvalue weighted by atomic mass is 10.1. The number of hydrogen-bond acceptors (Lipinski definition) is 4. The van der Waals surface area contributed by atoms with Gasteiger partial charge in [0.05, 0.1) is 25.8 Å². The van der Waals surface area contributed by atoms with Crippen molar-refractivity contribution in [3.8, 4) is 5.75 Å². The molecule has 1 aliphatic rings. The maximum absolute atomic E-state index is 11.5. The molecule has 1 aromatic carbocycles. The fourth-order valence-electron chi connectivity index (χ4n) is 1.84. The van der Waals surface area contributed by atoms with Crippen LogP contribution in [0.2, 0.25) is 0 Å². The van der Waals surface area contributed by atoms with Crippen LogP contribution in [0.25, 0.3) is 0 Å². The Morgan fingerprint density at radius 1 is 1.53 bits per heavy atom. The molecule has 100 valence electrons. The second-order valence-corrected chi connectivity index (χ2v) is 4.48. The first-order valence-electron chi connectivity index (χ1n) is 5.58. The number of benzene rings is 1. The largest absolute Gasteiger partial charge is 0.496 e. The lowest BCUT2D eigenvalue weighted by Crippen LogP contribution is -2.30. The van der Waals surface area contributed by atoms with Gasteiger partial charge in [-0.25, -0.2) is 4.79 Å². The summed E-state index contributed by atoms with van der Waals surface area (Å²) in [5.74, 6) is 0.277. The van der Waals surface area contributed by atoms with Crippen LogP contribution in [0.5, 0.6) is 5.75 Å². The van der Waals surface area contributed by atoms with Crippen LogP contribution in [0.1, 0.15) is 11.1 Å². The van der Waals surface area contributed by atoms with Gasteiger partial charge in [0.1, 0.15) is 10.7 Å². The minimum atomic E-state index is -0.387. The summed E-state index contributed by atoms with van der Waals surface area (Å²) in [7, 11) is 1.51. The molecule has 0 aromatic heterocycles. The van der Waals surface area contributed by atoms with Crippen LogP contribution in [-0.2, 0) is 11.3 Å². The van der Waals surface area contributed by atoms with Crippen molar-refractivity contribution in [2.75, 3.05) is 13.7 Å². The maximum Gasteiger partial charge on any atom is 0.324 e. The average molecular weight is 279 g/mol. The number of nitrogens with two attached hydrogens (primary N) is 1. The molecule has 0 radical (unpaired) electrons. The maximum atomic E-state index is 11.5.